The minimum atomic E-state index is -0.816. The smallest absolute Gasteiger partial charge is 0.227 e. The molecule has 9 heteroatoms. The number of carbonyl (C=O) groups excluding carboxylic acids is 1. The summed E-state index contributed by atoms with van der Waals surface area (Å²) >= 11 is 6.15. The molecule has 0 bridgehead atoms. The largest absolute Gasteiger partial charge is 0.506 e. The summed E-state index contributed by atoms with van der Waals surface area (Å²) in [5.74, 6) is -1.51. The van der Waals surface area contributed by atoms with Crippen molar-refractivity contribution in [2.24, 2.45) is 0 Å². The van der Waals surface area contributed by atoms with Crippen LogP contribution >= 0.6 is 11.6 Å². The second-order valence-corrected chi connectivity index (χ2v) is 9.29. The molecule has 0 spiro atoms. The molecule has 0 fully saturated rings. The summed E-state index contributed by atoms with van der Waals surface area (Å²) in [7, 11) is 1.46. The van der Waals surface area contributed by atoms with Gasteiger partial charge in [0.15, 0.2) is 5.76 Å². The highest BCUT2D eigenvalue weighted by Crippen LogP contribution is 2.37. The van der Waals surface area contributed by atoms with Crippen molar-refractivity contribution in [3.8, 4) is 11.5 Å². The predicted molar refractivity (Wildman–Crippen MR) is 134 cm³/mol. The SMILES string of the molecule is COCc1cc(=O)c(O)c([C@@H](CC(=O)N2CCc3c([nH]c4ccccc34)C2)c2ccc(O)c(Cl)c2)o1. The van der Waals surface area contributed by atoms with E-state index in [9.17, 15) is 19.8 Å². The number of hydrogen-bond donors (Lipinski definition) is 3. The Hall–Kier alpha value is -3.75. The van der Waals surface area contributed by atoms with Gasteiger partial charge in [-0.2, -0.15) is 0 Å². The van der Waals surface area contributed by atoms with Gasteiger partial charge in [-0.3, -0.25) is 9.59 Å². The molecule has 36 heavy (non-hydrogen) atoms. The van der Waals surface area contributed by atoms with Crippen LogP contribution in [0.25, 0.3) is 10.9 Å². The third-order valence-electron chi connectivity index (χ3n) is 6.59. The van der Waals surface area contributed by atoms with Crippen molar-refractivity contribution in [3.05, 3.63) is 92.1 Å². The number of aromatic amines is 1. The van der Waals surface area contributed by atoms with E-state index < -0.39 is 17.1 Å². The highest BCUT2D eigenvalue weighted by atomic mass is 35.5. The molecule has 3 heterocycles. The molecule has 0 unspecified atom stereocenters. The van der Waals surface area contributed by atoms with Crippen molar-refractivity contribution < 1.29 is 24.2 Å². The molecule has 0 aliphatic carbocycles. The Morgan fingerprint density at radius 2 is 2.03 bits per heavy atom. The number of amides is 1. The van der Waals surface area contributed by atoms with E-state index in [1.807, 2.05) is 18.2 Å². The number of methoxy groups -OCH3 is 1. The molecular formula is C27H25ClN2O6. The lowest BCUT2D eigenvalue weighted by Crippen LogP contribution is -2.36. The molecule has 0 saturated carbocycles. The van der Waals surface area contributed by atoms with Crippen LogP contribution in [0, 0.1) is 0 Å². The first kappa shape index (κ1) is 24.0. The maximum Gasteiger partial charge on any atom is 0.227 e. The predicted octanol–water partition coefficient (Wildman–Crippen LogP) is 4.44. The molecular weight excluding hydrogens is 484 g/mol. The van der Waals surface area contributed by atoms with E-state index in [0.29, 0.717) is 25.1 Å². The average Bonchev–Trinajstić information content (AvgIpc) is 3.24. The normalized spacial score (nSPS) is 14.1. The van der Waals surface area contributed by atoms with Crippen molar-refractivity contribution >= 4 is 28.4 Å². The number of aromatic hydroxyl groups is 2. The number of phenolic OH excluding ortho intramolecular Hbond substituents is 1. The number of rotatable bonds is 6. The number of nitrogens with zero attached hydrogens (tertiary/aromatic N) is 1. The van der Waals surface area contributed by atoms with Crippen LogP contribution in [0.2, 0.25) is 5.02 Å². The Bertz CT molecular complexity index is 1510. The Morgan fingerprint density at radius 1 is 1.22 bits per heavy atom. The maximum atomic E-state index is 13.5. The standard InChI is InChI=1S/C27H25ClN2O6/c1-35-14-16-11-24(32)26(34)27(36-16)19(15-6-7-23(31)20(28)10-15)12-25(33)30-9-8-18-17-4-2-3-5-21(17)29-22(18)13-30/h2-7,10-11,19,29,31,34H,8-9,12-14H2,1H3/t19-/m0/s1. The summed E-state index contributed by atoms with van der Waals surface area (Å²) in [6, 6.07) is 13.7. The molecule has 1 atom stereocenters. The second-order valence-electron chi connectivity index (χ2n) is 8.88. The molecule has 0 saturated heterocycles. The number of fused-ring (bicyclic) bond motifs is 3. The highest BCUT2D eigenvalue weighted by molar-refractivity contribution is 6.32. The van der Waals surface area contributed by atoms with Gasteiger partial charge in [0.25, 0.3) is 0 Å². The molecule has 5 rings (SSSR count). The van der Waals surface area contributed by atoms with E-state index in [-0.39, 0.29) is 41.2 Å². The van der Waals surface area contributed by atoms with E-state index in [2.05, 4.69) is 11.1 Å². The fourth-order valence-corrected chi connectivity index (χ4v) is 5.01. The van der Waals surface area contributed by atoms with Crippen molar-refractivity contribution in [1.82, 2.24) is 9.88 Å². The lowest BCUT2D eigenvalue weighted by molar-refractivity contribution is -0.132. The first-order valence-electron chi connectivity index (χ1n) is 11.5. The number of carbonyl (C=O) groups is 1. The van der Waals surface area contributed by atoms with Gasteiger partial charge in [0.2, 0.25) is 17.1 Å². The van der Waals surface area contributed by atoms with Crippen LogP contribution in [0.1, 0.15) is 40.7 Å². The first-order valence-corrected chi connectivity index (χ1v) is 11.9. The Kier molecular flexibility index (Phi) is 6.47. The molecule has 2 aromatic carbocycles. The van der Waals surface area contributed by atoms with Crippen molar-refractivity contribution in [3.63, 3.8) is 0 Å². The number of ether oxygens (including phenoxy) is 1. The van der Waals surface area contributed by atoms with E-state index in [1.54, 1.807) is 11.0 Å². The third-order valence-corrected chi connectivity index (χ3v) is 6.89. The number of nitrogens with one attached hydrogen (secondary N) is 1. The number of hydrogen-bond acceptors (Lipinski definition) is 6. The van der Waals surface area contributed by atoms with Gasteiger partial charge in [0, 0.05) is 42.7 Å². The summed E-state index contributed by atoms with van der Waals surface area (Å²) in [5.41, 5.74) is 3.13. The zero-order valence-electron chi connectivity index (χ0n) is 19.6. The van der Waals surface area contributed by atoms with Gasteiger partial charge in [0.05, 0.1) is 17.5 Å². The average molecular weight is 509 g/mol. The van der Waals surface area contributed by atoms with Gasteiger partial charge >= 0.3 is 0 Å². The van der Waals surface area contributed by atoms with E-state index in [1.165, 1.54) is 24.8 Å². The van der Waals surface area contributed by atoms with Crippen LogP contribution in [-0.4, -0.2) is 39.7 Å². The highest BCUT2D eigenvalue weighted by Gasteiger charge is 2.30. The number of para-hydroxylation sites is 1. The molecule has 4 aromatic rings. The van der Waals surface area contributed by atoms with Crippen LogP contribution in [0.15, 0.2) is 57.7 Å². The van der Waals surface area contributed by atoms with Crippen LogP contribution in [-0.2, 0) is 29.1 Å². The molecule has 1 aliphatic heterocycles. The van der Waals surface area contributed by atoms with Gasteiger partial charge in [-0.1, -0.05) is 35.9 Å². The third kappa shape index (κ3) is 4.45. The Labute approximate surface area is 211 Å². The molecule has 1 aliphatic rings. The molecule has 1 amide bonds. The Balaban J connectivity index is 1.49. The quantitative estimate of drug-likeness (QED) is 0.354. The number of H-pyrrole nitrogens is 1. The summed E-state index contributed by atoms with van der Waals surface area (Å²) < 4.78 is 10.9. The van der Waals surface area contributed by atoms with Gasteiger partial charge < -0.3 is 29.3 Å². The molecule has 8 nitrogen and oxygen atoms in total. The second kappa shape index (κ2) is 9.72. The molecule has 2 aromatic heterocycles. The monoisotopic (exact) mass is 508 g/mol. The van der Waals surface area contributed by atoms with Crippen LogP contribution in [0.5, 0.6) is 11.5 Å². The van der Waals surface area contributed by atoms with Crippen LogP contribution < -0.4 is 5.43 Å². The lowest BCUT2D eigenvalue weighted by atomic mass is 9.91. The van der Waals surface area contributed by atoms with E-state index in [4.69, 9.17) is 20.8 Å². The number of phenols is 1. The van der Waals surface area contributed by atoms with E-state index in [0.717, 1.165) is 22.7 Å². The van der Waals surface area contributed by atoms with Crippen molar-refractivity contribution in [2.75, 3.05) is 13.7 Å². The van der Waals surface area contributed by atoms with Crippen molar-refractivity contribution in [2.45, 2.75) is 31.9 Å². The van der Waals surface area contributed by atoms with Crippen molar-refractivity contribution in [1.29, 1.82) is 0 Å². The lowest BCUT2D eigenvalue weighted by Gasteiger charge is -2.29. The van der Waals surface area contributed by atoms with Crippen LogP contribution in [0.3, 0.4) is 0 Å². The summed E-state index contributed by atoms with van der Waals surface area (Å²) in [5, 5.41) is 21.8. The zero-order valence-corrected chi connectivity index (χ0v) is 20.3. The first-order chi connectivity index (χ1) is 17.4. The summed E-state index contributed by atoms with van der Waals surface area (Å²) in [6.45, 7) is 0.983. The molecule has 3 N–H and O–H groups in total. The minimum absolute atomic E-state index is 0.0226. The Morgan fingerprint density at radius 3 is 2.81 bits per heavy atom. The maximum absolute atomic E-state index is 13.5. The number of halogens is 1. The van der Waals surface area contributed by atoms with Gasteiger partial charge in [-0.15, -0.1) is 0 Å². The summed E-state index contributed by atoms with van der Waals surface area (Å²) in [6.07, 6.45) is 0.633. The number of benzene rings is 2. The fourth-order valence-electron chi connectivity index (χ4n) is 4.82. The molecule has 0 radical (unpaired) electrons. The van der Waals surface area contributed by atoms with Crippen LogP contribution in [0.4, 0.5) is 0 Å². The molecule has 186 valence electrons. The number of aromatic nitrogens is 1. The summed E-state index contributed by atoms with van der Waals surface area (Å²) in [4.78, 5) is 31.2. The fraction of sp³-hybridized carbons (Fsp3) is 0.259. The van der Waals surface area contributed by atoms with Gasteiger partial charge in [-0.05, 0) is 35.7 Å². The van der Waals surface area contributed by atoms with Gasteiger partial charge in [0.1, 0.15) is 18.1 Å². The minimum Gasteiger partial charge on any atom is -0.506 e. The van der Waals surface area contributed by atoms with E-state index >= 15 is 0 Å². The van der Waals surface area contributed by atoms with Gasteiger partial charge in [-0.25, -0.2) is 0 Å². The topological polar surface area (TPSA) is 116 Å². The zero-order chi connectivity index (χ0) is 25.4.